The number of hydrogen-bond acceptors (Lipinski definition) is 5. The van der Waals surface area contributed by atoms with E-state index in [0.717, 1.165) is 6.07 Å². The fourth-order valence-corrected chi connectivity index (χ4v) is 2.99. The molecule has 1 aliphatic carbocycles. The first-order valence-corrected chi connectivity index (χ1v) is 8.24. The molecule has 0 bridgehead atoms. The van der Waals surface area contributed by atoms with Crippen LogP contribution in [0.4, 0.5) is 13.2 Å². The number of benzene rings is 1. The topological polar surface area (TPSA) is 81.0 Å². The molecule has 6 nitrogen and oxygen atoms in total. The third kappa shape index (κ3) is 3.57. The van der Waals surface area contributed by atoms with Crippen LogP contribution in [-0.2, 0) is 0 Å². The van der Waals surface area contributed by atoms with Crippen molar-refractivity contribution in [2.75, 3.05) is 0 Å². The van der Waals surface area contributed by atoms with Crippen molar-refractivity contribution in [2.45, 2.75) is 31.3 Å². The molecule has 0 aliphatic heterocycles. The van der Waals surface area contributed by atoms with Crippen LogP contribution in [0.5, 0.6) is 5.88 Å². The predicted octanol–water partition coefficient (Wildman–Crippen LogP) is 3.83. The van der Waals surface area contributed by atoms with E-state index in [1.165, 1.54) is 30.6 Å². The van der Waals surface area contributed by atoms with Gasteiger partial charge >= 0.3 is 0 Å². The molecule has 1 fully saturated rings. The molecule has 1 aliphatic rings. The smallest absolute Gasteiger partial charge is 0.280 e. The molecule has 0 radical (unpaired) electrons. The number of nitrogens with zero attached hydrogens (tertiary/aromatic N) is 2. The molecule has 0 atom stereocenters. The minimum absolute atomic E-state index is 0.0533. The number of halogens is 3. The Morgan fingerprint density at radius 3 is 2.59 bits per heavy atom. The number of hydrogen-bond donors (Lipinski definition) is 1. The lowest BCUT2D eigenvalue weighted by molar-refractivity contribution is 0.0928. The number of alkyl halides is 2. The highest BCUT2D eigenvalue weighted by Gasteiger charge is 2.33. The van der Waals surface area contributed by atoms with Crippen molar-refractivity contribution in [1.82, 2.24) is 15.1 Å². The lowest BCUT2D eigenvalue weighted by Crippen LogP contribution is -2.32. The Kier molecular flexibility index (Phi) is 4.43. The van der Waals surface area contributed by atoms with Gasteiger partial charge in [0.2, 0.25) is 5.88 Å². The first-order valence-electron chi connectivity index (χ1n) is 8.24. The Bertz CT molecular complexity index is 995. The average molecular weight is 377 g/mol. The second-order valence-electron chi connectivity index (χ2n) is 6.31. The maximum atomic E-state index is 13.7. The highest BCUT2D eigenvalue weighted by atomic mass is 19.3. The highest BCUT2D eigenvalue weighted by molar-refractivity contribution is 5.49. The van der Waals surface area contributed by atoms with Crippen molar-refractivity contribution in [2.24, 2.45) is 0 Å². The second kappa shape index (κ2) is 6.90. The van der Waals surface area contributed by atoms with Crippen molar-refractivity contribution in [1.29, 1.82) is 0 Å². The zero-order valence-electron chi connectivity index (χ0n) is 13.9. The zero-order valence-corrected chi connectivity index (χ0v) is 13.9. The van der Waals surface area contributed by atoms with Gasteiger partial charge in [-0.1, -0.05) is 12.1 Å². The van der Waals surface area contributed by atoms with Crippen molar-refractivity contribution < 1.29 is 22.4 Å². The van der Waals surface area contributed by atoms with E-state index in [1.54, 1.807) is 0 Å². The van der Waals surface area contributed by atoms with Crippen LogP contribution in [-0.4, -0.2) is 21.2 Å². The van der Waals surface area contributed by atoms with Gasteiger partial charge in [0.15, 0.2) is 5.76 Å². The summed E-state index contributed by atoms with van der Waals surface area (Å²) in [5, 5.41) is 2.17. The molecule has 0 amide bonds. The first kappa shape index (κ1) is 17.3. The Balaban J connectivity index is 1.35. The Morgan fingerprint density at radius 2 is 2.00 bits per heavy atom. The van der Waals surface area contributed by atoms with Gasteiger partial charge in [-0.25, -0.2) is 23.1 Å². The van der Waals surface area contributed by atoms with E-state index in [-0.39, 0.29) is 23.3 Å². The predicted molar refractivity (Wildman–Crippen MR) is 88.1 cm³/mol. The monoisotopic (exact) mass is 377 g/mol. The van der Waals surface area contributed by atoms with Crippen LogP contribution >= 0.6 is 0 Å². The Hall–Kier alpha value is -3.10. The summed E-state index contributed by atoms with van der Waals surface area (Å²) in [5.41, 5.74) is 0.118. The molecule has 9 heteroatoms. The number of aromatic amines is 1. The van der Waals surface area contributed by atoms with E-state index >= 15 is 0 Å². The van der Waals surface area contributed by atoms with E-state index in [9.17, 15) is 18.0 Å². The normalized spacial score (nSPS) is 19.1. The Labute approximate surface area is 151 Å². The minimum atomic E-state index is -2.82. The van der Waals surface area contributed by atoms with Crippen LogP contribution in [0.25, 0.3) is 11.5 Å². The number of rotatable bonds is 5. The standard InChI is InChI=1S/C18H14F3N3O3/c19-13-5-9(1-2-12(13)18(20)21)10-3-11(4-10)26-17-8-22-14(7-23-17)15-6-16(25)24-27-15/h1-2,5-8,10-11,18H,3-4H2,(H,24,25). The number of ether oxygens (including phenoxy) is 1. The fraction of sp³-hybridized carbons (Fsp3) is 0.278. The van der Waals surface area contributed by atoms with Gasteiger partial charge in [0.1, 0.15) is 17.6 Å². The van der Waals surface area contributed by atoms with Gasteiger partial charge in [-0.05, 0) is 30.4 Å². The number of aromatic nitrogens is 3. The lowest BCUT2D eigenvalue weighted by Gasteiger charge is -2.35. The van der Waals surface area contributed by atoms with E-state index in [4.69, 9.17) is 9.26 Å². The molecule has 1 aromatic carbocycles. The van der Waals surface area contributed by atoms with Crippen molar-refractivity contribution in [3.63, 3.8) is 0 Å². The molecule has 4 rings (SSSR count). The number of H-pyrrole nitrogens is 1. The quantitative estimate of drug-likeness (QED) is 0.731. The molecule has 140 valence electrons. The fourth-order valence-electron chi connectivity index (χ4n) is 2.99. The van der Waals surface area contributed by atoms with E-state index in [2.05, 4.69) is 15.1 Å². The third-order valence-electron chi connectivity index (χ3n) is 4.52. The molecule has 2 aromatic heterocycles. The largest absolute Gasteiger partial charge is 0.473 e. The van der Waals surface area contributed by atoms with Crippen LogP contribution in [0.2, 0.25) is 0 Å². The number of nitrogens with one attached hydrogen (secondary N) is 1. The minimum Gasteiger partial charge on any atom is -0.473 e. The summed E-state index contributed by atoms with van der Waals surface area (Å²) in [6, 6.07) is 5.10. The van der Waals surface area contributed by atoms with E-state index < -0.39 is 17.8 Å². The summed E-state index contributed by atoms with van der Waals surface area (Å²) in [6.45, 7) is 0. The summed E-state index contributed by atoms with van der Waals surface area (Å²) < 4.78 is 49.5. The molecule has 0 spiro atoms. The summed E-state index contributed by atoms with van der Waals surface area (Å²) in [4.78, 5) is 19.3. The summed E-state index contributed by atoms with van der Waals surface area (Å²) >= 11 is 0. The second-order valence-corrected chi connectivity index (χ2v) is 6.31. The van der Waals surface area contributed by atoms with Crippen molar-refractivity contribution in [3.05, 3.63) is 64.0 Å². The Morgan fingerprint density at radius 1 is 1.19 bits per heavy atom. The van der Waals surface area contributed by atoms with Gasteiger partial charge < -0.3 is 9.26 Å². The first-order chi connectivity index (χ1) is 13.0. The molecule has 2 heterocycles. The molecular formula is C18H14F3N3O3. The molecule has 1 N–H and O–H groups in total. The summed E-state index contributed by atoms with van der Waals surface area (Å²) in [5.74, 6) is -0.237. The molecule has 0 saturated heterocycles. The van der Waals surface area contributed by atoms with Gasteiger partial charge in [0.25, 0.3) is 12.0 Å². The van der Waals surface area contributed by atoms with Crippen LogP contribution in [0.1, 0.15) is 36.3 Å². The van der Waals surface area contributed by atoms with Crippen molar-refractivity contribution in [3.8, 4) is 17.3 Å². The molecule has 3 aromatic rings. The van der Waals surface area contributed by atoms with E-state index in [0.29, 0.717) is 30.0 Å². The highest BCUT2D eigenvalue weighted by Crippen LogP contribution is 2.40. The van der Waals surface area contributed by atoms with Crippen molar-refractivity contribution >= 4 is 0 Å². The molecule has 1 saturated carbocycles. The van der Waals surface area contributed by atoms with Gasteiger partial charge in [0.05, 0.1) is 24.0 Å². The summed E-state index contributed by atoms with van der Waals surface area (Å²) in [7, 11) is 0. The third-order valence-corrected chi connectivity index (χ3v) is 4.52. The average Bonchev–Trinajstić information content (AvgIpc) is 3.04. The molecular weight excluding hydrogens is 363 g/mol. The van der Waals surface area contributed by atoms with Crippen LogP contribution in [0.15, 0.2) is 46.0 Å². The molecule has 0 unspecified atom stereocenters. The summed E-state index contributed by atoms with van der Waals surface area (Å²) in [6.07, 6.45) is 1.17. The van der Waals surface area contributed by atoms with Crippen LogP contribution < -0.4 is 10.3 Å². The zero-order chi connectivity index (χ0) is 19.0. The molecule has 27 heavy (non-hydrogen) atoms. The van der Waals surface area contributed by atoms with E-state index in [1.807, 2.05) is 0 Å². The van der Waals surface area contributed by atoms with Gasteiger partial charge in [-0.2, -0.15) is 5.16 Å². The van der Waals surface area contributed by atoms with Gasteiger partial charge in [-0.15, -0.1) is 0 Å². The lowest BCUT2D eigenvalue weighted by atomic mass is 9.77. The van der Waals surface area contributed by atoms with Gasteiger partial charge in [0, 0.05) is 0 Å². The van der Waals surface area contributed by atoms with Crippen LogP contribution in [0.3, 0.4) is 0 Å². The SMILES string of the molecule is O=c1cc(-c2cnc(OC3CC(c4ccc(C(F)F)c(F)c4)C3)cn2)o[nH]1. The maximum Gasteiger partial charge on any atom is 0.280 e. The van der Waals surface area contributed by atoms with Gasteiger partial charge in [-0.3, -0.25) is 4.79 Å². The maximum absolute atomic E-state index is 13.7. The van der Waals surface area contributed by atoms with Crippen LogP contribution in [0, 0.1) is 5.82 Å².